The van der Waals surface area contributed by atoms with Gasteiger partial charge in [-0.1, -0.05) is 18.2 Å². The molecule has 3 rings (SSSR count). The molecule has 0 radical (unpaired) electrons. The Morgan fingerprint density at radius 3 is 2.38 bits per heavy atom. The number of hydrogen-bond acceptors (Lipinski definition) is 4. The van der Waals surface area contributed by atoms with E-state index in [9.17, 15) is 9.50 Å². The van der Waals surface area contributed by atoms with E-state index in [4.69, 9.17) is 14.0 Å². The van der Waals surface area contributed by atoms with Gasteiger partial charge < -0.3 is 19.2 Å². The van der Waals surface area contributed by atoms with Crippen LogP contribution < -0.4 is 4.74 Å². The van der Waals surface area contributed by atoms with Gasteiger partial charge in [0.05, 0.1) is 17.3 Å². The Kier molecular flexibility index (Phi) is 4.49. The SMILES string of the molecule is CC1(C)OB(C(F)=Cc2ccccc2OC2CCC2O)OC1(C)C. The first-order chi connectivity index (χ1) is 11.2. The third-order valence-corrected chi connectivity index (χ3v) is 5.15. The van der Waals surface area contributed by atoms with Gasteiger partial charge in [0.15, 0.2) is 0 Å². The third-order valence-electron chi connectivity index (χ3n) is 5.15. The molecule has 130 valence electrons. The van der Waals surface area contributed by atoms with Gasteiger partial charge in [0.2, 0.25) is 0 Å². The van der Waals surface area contributed by atoms with Crippen LogP contribution in [0.5, 0.6) is 5.75 Å². The average Bonchev–Trinajstić information content (AvgIpc) is 2.73. The van der Waals surface area contributed by atoms with Crippen molar-refractivity contribution in [3.8, 4) is 5.75 Å². The summed E-state index contributed by atoms with van der Waals surface area (Å²) in [7, 11) is -1.03. The van der Waals surface area contributed by atoms with Crippen LogP contribution in [0.3, 0.4) is 0 Å². The van der Waals surface area contributed by atoms with Gasteiger partial charge >= 0.3 is 7.12 Å². The molecule has 1 aromatic carbocycles. The lowest BCUT2D eigenvalue weighted by Gasteiger charge is -2.33. The van der Waals surface area contributed by atoms with Crippen LogP contribution in [0.2, 0.25) is 0 Å². The van der Waals surface area contributed by atoms with Crippen LogP contribution in [0.15, 0.2) is 30.0 Å². The smallest absolute Gasteiger partial charge is 0.487 e. The Balaban J connectivity index is 1.79. The Hall–Kier alpha value is -1.37. The number of hydrogen-bond donors (Lipinski definition) is 1. The van der Waals surface area contributed by atoms with Crippen molar-refractivity contribution in [2.24, 2.45) is 0 Å². The van der Waals surface area contributed by atoms with Crippen molar-refractivity contribution < 1.29 is 23.5 Å². The summed E-state index contributed by atoms with van der Waals surface area (Å²) in [5.41, 5.74) is -1.08. The molecule has 6 heteroatoms. The molecule has 1 N–H and O–H groups in total. The normalized spacial score (nSPS) is 28.6. The minimum absolute atomic E-state index is 0.223. The van der Waals surface area contributed by atoms with E-state index >= 15 is 0 Å². The molecule has 2 aliphatic rings. The zero-order valence-electron chi connectivity index (χ0n) is 14.6. The number of ether oxygens (including phenoxy) is 1. The molecule has 0 bridgehead atoms. The number of aliphatic hydroxyl groups excluding tert-OH is 1. The summed E-state index contributed by atoms with van der Waals surface area (Å²) in [6.45, 7) is 7.54. The van der Waals surface area contributed by atoms with Gasteiger partial charge in [0, 0.05) is 5.56 Å². The number of benzene rings is 1. The van der Waals surface area contributed by atoms with Crippen molar-refractivity contribution in [2.75, 3.05) is 0 Å². The second kappa shape index (κ2) is 6.17. The zero-order valence-corrected chi connectivity index (χ0v) is 14.6. The van der Waals surface area contributed by atoms with Gasteiger partial charge in [-0.25, -0.2) is 4.39 Å². The van der Waals surface area contributed by atoms with Crippen LogP contribution >= 0.6 is 0 Å². The highest BCUT2D eigenvalue weighted by atomic mass is 19.1. The zero-order chi connectivity index (χ0) is 17.5. The standard InChI is InChI=1S/C18H24BFO4/c1-17(2)18(3,4)24-19(23-17)16(20)11-12-7-5-6-8-14(12)22-15-10-9-13(15)21/h5-8,11,13,15,21H,9-10H2,1-4H3. The van der Waals surface area contributed by atoms with Crippen LogP contribution in [0, 0.1) is 0 Å². The molecule has 0 spiro atoms. The Morgan fingerprint density at radius 2 is 1.83 bits per heavy atom. The molecule has 1 aliphatic carbocycles. The van der Waals surface area contributed by atoms with Crippen molar-refractivity contribution in [3.05, 3.63) is 35.6 Å². The maximum atomic E-state index is 14.7. The number of para-hydroxylation sites is 1. The molecule has 1 aliphatic heterocycles. The summed E-state index contributed by atoms with van der Waals surface area (Å²) in [6.07, 6.45) is 2.25. The van der Waals surface area contributed by atoms with E-state index in [-0.39, 0.29) is 6.10 Å². The lowest BCUT2D eigenvalue weighted by Crippen LogP contribution is -2.41. The van der Waals surface area contributed by atoms with E-state index < -0.39 is 30.2 Å². The lowest BCUT2D eigenvalue weighted by molar-refractivity contribution is -0.0362. The van der Waals surface area contributed by atoms with Gasteiger partial charge in [-0.2, -0.15) is 0 Å². The van der Waals surface area contributed by atoms with Crippen LogP contribution in [0.25, 0.3) is 6.08 Å². The second-order valence-corrected chi connectivity index (χ2v) is 7.46. The fraction of sp³-hybridized carbons (Fsp3) is 0.556. The highest BCUT2D eigenvalue weighted by Crippen LogP contribution is 2.39. The Bertz CT molecular complexity index is 628. The lowest BCUT2D eigenvalue weighted by atomic mass is 9.86. The highest BCUT2D eigenvalue weighted by Gasteiger charge is 2.53. The molecule has 2 fully saturated rings. The quantitative estimate of drug-likeness (QED) is 0.856. The van der Waals surface area contributed by atoms with E-state index in [2.05, 4.69) is 0 Å². The summed E-state index contributed by atoms with van der Waals surface area (Å²) in [5, 5.41) is 9.68. The predicted octanol–water partition coefficient (Wildman–Crippen LogP) is 3.53. The number of rotatable bonds is 4. The van der Waals surface area contributed by atoms with Crippen molar-refractivity contribution in [1.29, 1.82) is 0 Å². The second-order valence-electron chi connectivity index (χ2n) is 7.46. The molecule has 2 unspecified atom stereocenters. The molecular weight excluding hydrogens is 310 g/mol. The molecule has 1 heterocycles. The average molecular weight is 334 g/mol. The van der Waals surface area contributed by atoms with Gasteiger partial charge in [0.1, 0.15) is 17.6 Å². The minimum Gasteiger partial charge on any atom is -0.487 e. The summed E-state index contributed by atoms with van der Waals surface area (Å²) in [4.78, 5) is 0. The van der Waals surface area contributed by atoms with Gasteiger partial charge in [0.25, 0.3) is 0 Å². The summed E-state index contributed by atoms with van der Waals surface area (Å²) >= 11 is 0. The molecule has 2 atom stereocenters. The first-order valence-corrected chi connectivity index (χ1v) is 8.36. The summed E-state index contributed by atoms with van der Waals surface area (Å²) < 4.78 is 31.9. The fourth-order valence-corrected chi connectivity index (χ4v) is 2.63. The Morgan fingerprint density at radius 1 is 1.21 bits per heavy atom. The molecule has 0 amide bonds. The molecule has 1 saturated carbocycles. The topological polar surface area (TPSA) is 47.9 Å². The summed E-state index contributed by atoms with van der Waals surface area (Å²) in [5.74, 6) is 0.549. The molecular formula is C18H24BFO4. The number of halogens is 1. The van der Waals surface area contributed by atoms with Crippen LogP contribution in [0.1, 0.15) is 46.1 Å². The summed E-state index contributed by atoms with van der Waals surface area (Å²) in [6, 6.07) is 7.18. The third kappa shape index (κ3) is 3.23. The largest absolute Gasteiger partial charge is 0.525 e. The fourth-order valence-electron chi connectivity index (χ4n) is 2.63. The maximum absolute atomic E-state index is 14.7. The van der Waals surface area contributed by atoms with E-state index in [0.717, 1.165) is 12.8 Å². The maximum Gasteiger partial charge on any atom is 0.525 e. The van der Waals surface area contributed by atoms with Crippen LogP contribution in [-0.4, -0.2) is 35.6 Å². The van der Waals surface area contributed by atoms with Crippen molar-refractivity contribution in [3.63, 3.8) is 0 Å². The van der Waals surface area contributed by atoms with E-state index in [1.54, 1.807) is 12.1 Å². The van der Waals surface area contributed by atoms with E-state index in [1.165, 1.54) is 6.08 Å². The molecule has 0 aromatic heterocycles. The Labute approximate surface area is 142 Å². The number of aliphatic hydroxyl groups is 1. The van der Waals surface area contributed by atoms with Gasteiger partial charge in [-0.3, -0.25) is 0 Å². The first kappa shape index (κ1) is 17.5. The monoisotopic (exact) mass is 334 g/mol. The minimum atomic E-state index is -1.03. The molecule has 4 nitrogen and oxygen atoms in total. The van der Waals surface area contributed by atoms with Crippen molar-refractivity contribution in [1.82, 2.24) is 0 Å². The van der Waals surface area contributed by atoms with Crippen molar-refractivity contribution in [2.45, 2.75) is 63.9 Å². The van der Waals surface area contributed by atoms with E-state index in [1.807, 2.05) is 39.8 Å². The highest BCUT2D eigenvalue weighted by molar-refractivity contribution is 6.54. The van der Waals surface area contributed by atoms with E-state index in [0.29, 0.717) is 11.3 Å². The first-order valence-electron chi connectivity index (χ1n) is 8.36. The molecule has 1 aromatic rings. The molecule has 1 saturated heterocycles. The van der Waals surface area contributed by atoms with Gasteiger partial charge in [-0.15, -0.1) is 0 Å². The molecule has 24 heavy (non-hydrogen) atoms. The van der Waals surface area contributed by atoms with Crippen molar-refractivity contribution >= 4 is 13.2 Å². The van der Waals surface area contributed by atoms with Crippen LogP contribution in [0.4, 0.5) is 4.39 Å². The predicted molar refractivity (Wildman–Crippen MR) is 91.3 cm³/mol. The van der Waals surface area contributed by atoms with Gasteiger partial charge in [-0.05, 0) is 52.7 Å². The van der Waals surface area contributed by atoms with Crippen LogP contribution in [-0.2, 0) is 9.31 Å².